The van der Waals surface area contributed by atoms with Gasteiger partial charge in [-0.1, -0.05) is 6.07 Å². The molecule has 0 radical (unpaired) electrons. The lowest BCUT2D eigenvalue weighted by atomic mass is 10.1. The maximum atomic E-state index is 12.9. The number of hydrogen-bond acceptors (Lipinski definition) is 3. The zero-order valence-corrected chi connectivity index (χ0v) is 8.00. The van der Waals surface area contributed by atoms with Gasteiger partial charge in [0, 0.05) is 12.0 Å². The van der Waals surface area contributed by atoms with Crippen LogP contribution in [0.3, 0.4) is 0 Å². The highest BCUT2D eigenvalue weighted by molar-refractivity contribution is 5.79. The molecule has 1 aromatic rings. The molecule has 1 aromatic carbocycles. The third kappa shape index (κ3) is 2.02. The van der Waals surface area contributed by atoms with Crippen molar-refractivity contribution in [1.29, 1.82) is 0 Å². The van der Waals surface area contributed by atoms with Crippen LogP contribution in [0.1, 0.15) is 12.5 Å². The number of halogens is 1. The van der Waals surface area contributed by atoms with Gasteiger partial charge >= 0.3 is 0 Å². The Hall–Kier alpha value is -1.58. The van der Waals surface area contributed by atoms with Crippen molar-refractivity contribution < 1.29 is 19.0 Å². The van der Waals surface area contributed by atoms with E-state index >= 15 is 0 Å². The highest BCUT2D eigenvalue weighted by atomic mass is 19.1. The van der Waals surface area contributed by atoms with Crippen LogP contribution >= 0.6 is 0 Å². The number of phenols is 1. The monoisotopic (exact) mass is 198 g/mol. The largest absolute Gasteiger partial charge is 0.502 e. The van der Waals surface area contributed by atoms with E-state index in [1.54, 1.807) is 0 Å². The number of ketones is 1. The summed E-state index contributed by atoms with van der Waals surface area (Å²) in [5.41, 5.74) is 0.485. The molecule has 0 unspecified atom stereocenters. The summed E-state index contributed by atoms with van der Waals surface area (Å²) in [6, 6.07) is 2.53. The summed E-state index contributed by atoms with van der Waals surface area (Å²) in [5.74, 6) is -1.35. The fourth-order valence-corrected chi connectivity index (χ4v) is 1.22. The van der Waals surface area contributed by atoms with Gasteiger partial charge in [-0.05, 0) is 13.0 Å². The summed E-state index contributed by atoms with van der Waals surface area (Å²) in [4.78, 5) is 10.8. The molecule has 0 spiro atoms. The molecule has 1 rings (SSSR count). The summed E-state index contributed by atoms with van der Waals surface area (Å²) in [6.07, 6.45) is 0.122. The van der Waals surface area contributed by atoms with Crippen molar-refractivity contribution in [1.82, 2.24) is 0 Å². The Labute approximate surface area is 81.1 Å². The number of hydrogen-bond donors (Lipinski definition) is 1. The first kappa shape index (κ1) is 10.5. The van der Waals surface area contributed by atoms with E-state index in [9.17, 15) is 14.3 Å². The molecule has 0 atom stereocenters. The Bertz CT molecular complexity index is 361. The van der Waals surface area contributed by atoms with Crippen molar-refractivity contribution in [3.05, 3.63) is 23.5 Å². The van der Waals surface area contributed by atoms with Crippen LogP contribution in [0.2, 0.25) is 0 Å². The van der Waals surface area contributed by atoms with Gasteiger partial charge in [0.05, 0.1) is 7.11 Å². The second kappa shape index (κ2) is 4.09. The molecule has 0 amide bonds. The SMILES string of the molecule is COc1c(CC(C)=O)ccc(F)c1O. The fraction of sp³-hybridized carbons (Fsp3) is 0.300. The third-order valence-electron chi connectivity index (χ3n) is 1.81. The number of ether oxygens (including phenoxy) is 1. The average molecular weight is 198 g/mol. The third-order valence-corrected chi connectivity index (χ3v) is 1.81. The number of benzene rings is 1. The van der Waals surface area contributed by atoms with E-state index < -0.39 is 11.6 Å². The highest BCUT2D eigenvalue weighted by Crippen LogP contribution is 2.32. The lowest BCUT2D eigenvalue weighted by Crippen LogP contribution is -2.00. The van der Waals surface area contributed by atoms with Crippen LogP contribution in [0, 0.1) is 5.82 Å². The molecule has 0 heterocycles. The summed E-state index contributed by atoms with van der Waals surface area (Å²) in [6.45, 7) is 1.42. The zero-order chi connectivity index (χ0) is 10.7. The molecule has 3 nitrogen and oxygen atoms in total. The van der Waals surface area contributed by atoms with Gasteiger partial charge in [-0.15, -0.1) is 0 Å². The lowest BCUT2D eigenvalue weighted by molar-refractivity contribution is -0.116. The van der Waals surface area contributed by atoms with Gasteiger partial charge in [0.1, 0.15) is 5.78 Å². The molecule has 0 aromatic heterocycles. The molecule has 0 saturated carbocycles. The van der Waals surface area contributed by atoms with Crippen LogP contribution in [0.5, 0.6) is 11.5 Å². The fourth-order valence-electron chi connectivity index (χ4n) is 1.22. The molecule has 1 N–H and O–H groups in total. The first-order valence-corrected chi connectivity index (χ1v) is 4.10. The smallest absolute Gasteiger partial charge is 0.194 e. The van der Waals surface area contributed by atoms with Gasteiger partial charge in [0.15, 0.2) is 17.3 Å². The standard InChI is InChI=1S/C10H11FO3/c1-6(12)5-7-3-4-8(11)9(13)10(7)14-2/h3-4,13H,5H2,1-2H3. The lowest BCUT2D eigenvalue weighted by Gasteiger charge is -2.09. The number of Topliss-reactive ketones (excluding diaryl/α,β-unsaturated/α-hetero) is 1. The van der Waals surface area contributed by atoms with Crippen molar-refractivity contribution in [2.45, 2.75) is 13.3 Å². The van der Waals surface area contributed by atoms with Gasteiger partial charge in [-0.2, -0.15) is 0 Å². The maximum absolute atomic E-state index is 12.9. The topological polar surface area (TPSA) is 46.5 Å². The zero-order valence-electron chi connectivity index (χ0n) is 8.00. The van der Waals surface area contributed by atoms with E-state index in [0.29, 0.717) is 5.56 Å². The molecular weight excluding hydrogens is 187 g/mol. The van der Waals surface area contributed by atoms with Crippen molar-refractivity contribution in [2.75, 3.05) is 7.11 Å². The predicted molar refractivity (Wildman–Crippen MR) is 49.0 cm³/mol. The second-order valence-electron chi connectivity index (χ2n) is 2.97. The number of methoxy groups -OCH3 is 1. The molecule has 14 heavy (non-hydrogen) atoms. The highest BCUT2D eigenvalue weighted by Gasteiger charge is 2.13. The molecule has 4 heteroatoms. The van der Waals surface area contributed by atoms with Crippen LogP contribution in [0.4, 0.5) is 4.39 Å². The number of carbonyl (C=O) groups is 1. The number of rotatable bonds is 3. The first-order chi connectivity index (χ1) is 6.56. The molecule has 0 aliphatic carbocycles. The van der Waals surface area contributed by atoms with Gasteiger partial charge in [0.25, 0.3) is 0 Å². The number of carbonyl (C=O) groups excluding carboxylic acids is 1. The van der Waals surface area contributed by atoms with E-state index in [1.807, 2.05) is 0 Å². The van der Waals surface area contributed by atoms with Crippen molar-refractivity contribution >= 4 is 5.78 Å². The maximum Gasteiger partial charge on any atom is 0.194 e. The minimum atomic E-state index is -0.755. The Morgan fingerprint density at radius 3 is 2.71 bits per heavy atom. The van der Waals surface area contributed by atoms with E-state index in [1.165, 1.54) is 20.1 Å². The molecule has 0 saturated heterocycles. The van der Waals surface area contributed by atoms with Crippen LogP contribution in [0.25, 0.3) is 0 Å². The van der Waals surface area contributed by atoms with E-state index in [4.69, 9.17) is 4.74 Å². The van der Waals surface area contributed by atoms with Crippen LogP contribution in [0.15, 0.2) is 12.1 Å². The number of phenolic OH excluding ortho intramolecular Hbond substituents is 1. The molecule has 0 aliphatic rings. The average Bonchev–Trinajstić information content (AvgIpc) is 2.11. The minimum Gasteiger partial charge on any atom is -0.502 e. The predicted octanol–water partition coefficient (Wildman–Crippen LogP) is 1.67. The Morgan fingerprint density at radius 1 is 1.57 bits per heavy atom. The van der Waals surface area contributed by atoms with Crippen molar-refractivity contribution in [2.24, 2.45) is 0 Å². The summed E-state index contributed by atoms with van der Waals surface area (Å²) in [7, 11) is 1.32. The van der Waals surface area contributed by atoms with Gasteiger partial charge in [-0.3, -0.25) is 4.79 Å². The first-order valence-electron chi connectivity index (χ1n) is 4.10. The van der Waals surface area contributed by atoms with Crippen molar-refractivity contribution in [3.63, 3.8) is 0 Å². The van der Waals surface area contributed by atoms with Crippen molar-refractivity contribution in [3.8, 4) is 11.5 Å². The molecule has 0 aliphatic heterocycles. The Morgan fingerprint density at radius 2 is 2.21 bits per heavy atom. The second-order valence-corrected chi connectivity index (χ2v) is 2.97. The normalized spacial score (nSPS) is 9.93. The molecular formula is C10H11FO3. The van der Waals surface area contributed by atoms with Gasteiger partial charge < -0.3 is 9.84 Å². The van der Waals surface area contributed by atoms with E-state index in [0.717, 1.165) is 6.07 Å². The van der Waals surface area contributed by atoms with Crippen LogP contribution in [-0.2, 0) is 11.2 Å². The van der Waals surface area contributed by atoms with E-state index in [2.05, 4.69) is 0 Å². The van der Waals surface area contributed by atoms with E-state index in [-0.39, 0.29) is 18.0 Å². The van der Waals surface area contributed by atoms with Gasteiger partial charge in [-0.25, -0.2) is 4.39 Å². The molecule has 76 valence electrons. The summed E-state index contributed by atoms with van der Waals surface area (Å²) >= 11 is 0. The van der Waals surface area contributed by atoms with Crippen LogP contribution < -0.4 is 4.74 Å². The minimum absolute atomic E-state index is 0.0280. The van der Waals surface area contributed by atoms with Crippen LogP contribution in [-0.4, -0.2) is 18.0 Å². The van der Waals surface area contributed by atoms with Gasteiger partial charge in [0.2, 0.25) is 0 Å². The molecule has 0 bridgehead atoms. The summed E-state index contributed by atoms with van der Waals surface area (Å²) in [5, 5.41) is 9.28. The Kier molecular flexibility index (Phi) is 3.06. The number of aromatic hydroxyl groups is 1. The molecule has 0 fully saturated rings. The summed E-state index contributed by atoms with van der Waals surface area (Å²) < 4.78 is 17.7. The quantitative estimate of drug-likeness (QED) is 0.803. The Balaban J connectivity index is 3.17.